The van der Waals surface area contributed by atoms with Crippen molar-refractivity contribution in [2.45, 2.75) is 38.6 Å². The molecule has 0 atom stereocenters. The van der Waals surface area contributed by atoms with Gasteiger partial charge in [-0.2, -0.15) is 0 Å². The van der Waals surface area contributed by atoms with E-state index in [-0.39, 0.29) is 6.04 Å². The minimum atomic E-state index is -2.99. The summed E-state index contributed by atoms with van der Waals surface area (Å²) in [6.07, 6.45) is 5.63. The molecule has 0 saturated heterocycles. The van der Waals surface area contributed by atoms with Crippen molar-refractivity contribution in [1.29, 1.82) is 0 Å². The Hall–Kier alpha value is -0.0900. The molecule has 13 heavy (non-hydrogen) atoms. The Morgan fingerprint density at radius 2 is 1.62 bits per heavy atom. The van der Waals surface area contributed by atoms with Gasteiger partial charge in [-0.05, 0) is 31.6 Å². The van der Waals surface area contributed by atoms with Crippen molar-refractivity contribution >= 4 is 10.0 Å². The van der Waals surface area contributed by atoms with Gasteiger partial charge < -0.3 is 0 Å². The second-order valence-corrected chi connectivity index (χ2v) is 6.23. The molecular weight excluding hydrogens is 186 g/mol. The minimum absolute atomic E-state index is 0.242. The molecule has 1 fully saturated rings. The summed E-state index contributed by atoms with van der Waals surface area (Å²) in [7, 11) is -1.30. The average molecular weight is 205 g/mol. The standard InChI is InChI=1S/C9H19NO2S/c1-8-4-6-9(7-5-8)10(2)13(3,11)12/h8-9H,4-7H2,1-3H3/t8-,9-. The number of nitrogens with zero attached hydrogens (tertiary/aromatic N) is 1. The van der Waals surface area contributed by atoms with Gasteiger partial charge in [0.25, 0.3) is 0 Å². The van der Waals surface area contributed by atoms with E-state index < -0.39 is 10.0 Å². The molecule has 1 aliphatic rings. The van der Waals surface area contributed by atoms with Crippen molar-refractivity contribution < 1.29 is 8.42 Å². The molecule has 0 amide bonds. The van der Waals surface area contributed by atoms with Crippen molar-refractivity contribution in [3.63, 3.8) is 0 Å². The molecule has 0 aromatic rings. The number of hydrogen-bond acceptors (Lipinski definition) is 2. The molecule has 0 spiro atoms. The Morgan fingerprint density at radius 1 is 1.15 bits per heavy atom. The molecule has 78 valence electrons. The largest absolute Gasteiger partial charge is 0.213 e. The third-order valence-electron chi connectivity index (χ3n) is 3.02. The Kier molecular flexibility index (Phi) is 3.35. The van der Waals surface area contributed by atoms with Crippen LogP contribution in [-0.2, 0) is 10.0 Å². The molecule has 0 heterocycles. The van der Waals surface area contributed by atoms with E-state index in [4.69, 9.17) is 0 Å². The number of rotatable bonds is 2. The van der Waals surface area contributed by atoms with Crippen molar-refractivity contribution in [3.05, 3.63) is 0 Å². The SMILES string of the molecule is CN([C@H]1CC[C@H](C)CC1)S(C)(=O)=O. The zero-order valence-electron chi connectivity index (χ0n) is 8.66. The van der Waals surface area contributed by atoms with E-state index >= 15 is 0 Å². The Morgan fingerprint density at radius 3 is 2.00 bits per heavy atom. The summed E-state index contributed by atoms with van der Waals surface area (Å²) < 4.78 is 24.0. The van der Waals surface area contributed by atoms with Gasteiger partial charge in [-0.3, -0.25) is 0 Å². The summed E-state index contributed by atoms with van der Waals surface area (Å²) in [5.74, 6) is 0.768. The topological polar surface area (TPSA) is 37.4 Å². The highest BCUT2D eigenvalue weighted by molar-refractivity contribution is 7.88. The molecule has 4 heteroatoms. The molecule has 0 aromatic heterocycles. The fourth-order valence-corrected chi connectivity index (χ4v) is 2.63. The lowest BCUT2D eigenvalue weighted by molar-refractivity contribution is 0.247. The molecule has 0 aromatic carbocycles. The first-order valence-corrected chi connectivity index (χ1v) is 6.69. The van der Waals surface area contributed by atoms with Crippen LogP contribution in [0.2, 0.25) is 0 Å². The highest BCUT2D eigenvalue weighted by Gasteiger charge is 2.26. The van der Waals surface area contributed by atoms with Crippen molar-refractivity contribution in [3.8, 4) is 0 Å². The molecule has 1 rings (SSSR count). The third-order valence-corrected chi connectivity index (χ3v) is 4.37. The first-order chi connectivity index (χ1) is 5.91. The van der Waals surface area contributed by atoms with Gasteiger partial charge in [0.15, 0.2) is 0 Å². The maximum atomic E-state index is 11.2. The lowest BCUT2D eigenvalue weighted by atomic mass is 9.87. The second kappa shape index (κ2) is 3.96. The van der Waals surface area contributed by atoms with Crippen LogP contribution in [0.5, 0.6) is 0 Å². The predicted molar refractivity (Wildman–Crippen MR) is 54.0 cm³/mol. The van der Waals surface area contributed by atoms with E-state index in [1.54, 1.807) is 7.05 Å². The third kappa shape index (κ3) is 2.95. The fraction of sp³-hybridized carbons (Fsp3) is 1.00. The Balaban J connectivity index is 2.55. The molecule has 1 saturated carbocycles. The van der Waals surface area contributed by atoms with Crippen LogP contribution in [0.3, 0.4) is 0 Å². The summed E-state index contributed by atoms with van der Waals surface area (Å²) in [6.45, 7) is 2.23. The van der Waals surface area contributed by atoms with Gasteiger partial charge in [-0.15, -0.1) is 0 Å². The first kappa shape index (κ1) is 11.0. The van der Waals surface area contributed by atoms with E-state index in [0.717, 1.165) is 31.6 Å². The minimum Gasteiger partial charge on any atom is -0.213 e. The summed E-state index contributed by atoms with van der Waals surface area (Å²) in [4.78, 5) is 0. The summed E-state index contributed by atoms with van der Waals surface area (Å²) in [5.41, 5.74) is 0. The van der Waals surface area contributed by atoms with E-state index in [1.807, 2.05) is 0 Å². The molecular formula is C9H19NO2S. The van der Waals surface area contributed by atoms with Crippen LogP contribution in [0.25, 0.3) is 0 Å². The van der Waals surface area contributed by atoms with E-state index in [2.05, 4.69) is 6.92 Å². The van der Waals surface area contributed by atoms with Crippen molar-refractivity contribution in [1.82, 2.24) is 4.31 Å². The second-order valence-electron chi connectivity index (χ2n) is 4.19. The molecule has 0 aliphatic heterocycles. The van der Waals surface area contributed by atoms with Gasteiger partial charge in [0, 0.05) is 13.1 Å². The summed E-state index contributed by atoms with van der Waals surface area (Å²) in [6, 6.07) is 0.242. The summed E-state index contributed by atoms with van der Waals surface area (Å²) in [5, 5.41) is 0. The van der Waals surface area contributed by atoms with Crippen LogP contribution >= 0.6 is 0 Å². The van der Waals surface area contributed by atoms with Gasteiger partial charge in [0.05, 0.1) is 6.26 Å². The van der Waals surface area contributed by atoms with Crippen LogP contribution in [-0.4, -0.2) is 32.1 Å². The highest BCUT2D eigenvalue weighted by atomic mass is 32.2. The normalized spacial score (nSPS) is 30.8. The van der Waals surface area contributed by atoms with Gasteiger partial charge in [0.2, 0.25) is 10.0 Å². The van der Waals surface area contributed by atoms with Crippen LogP contribution in [0.4, 0.5) is 0 Å². The molecule has 0 unspecified atom stereocenters. The lowest BCUT2D eigenvalue weighted by Crippen LogP contribution is -2.38. The molecule has 3 nitrogen and oxygen atoms in total. The highest BCUT2D eigenvalue weighted by Crippen LogP contribution is 2.27. The Labute approximate surface area is 81.2 Å². The van der Waals surface area contributed by atoms with Crippen molar-refractivity contribution in [2.24, 2.45) is 5.92 Å². The molecule has 0 radical (unpaired) electrons. The van der Waals surface area contributed by atoms with Crippen LogP contribution in [0.15, 0.2) is 0 Å². The van der Waals surface area contributed by atoms with Crippen LogP contribution in [0.1, 0.15) is 32.6 Å². The summed E-state index contributed by atoms with van der Waals surface area (Å²) >= 11 is 0. The van der Waals surface area contributed by atoms with Gasteiger partial charge in [0.1, 0.15) is 0 Å². The fourth-order valence-electron chi connectivity index (χ4n) is 1.88. The van der Waals surface area contributed by atoms with Gasteiger partial charge in [-0.1, -0.05) is 6.92 Å². The first-order valence-electron chi connectivity index (χ1n) is 4.84. The zero-order valence-corrected chi connectivity index (χ0v) is 9.47. The maximum absolute atomic E-state index is 11.2. The zero-order chi connectivity index (χ0) is 10.1. The van der Waals surface area contributed by atoms with E-state index in [0.29, 0.717) is 0 Å². The average Bonchev–Trinajstić information content (AvgIpc) is 2.03. The molecule has 0 N–H and O–H groups in total. The van der Waals surface area contributed by atoms with E-state index in [1.165, 1.54) is 10.6 Å². The Bertz CT molecular complexity index is 253. The smallest absolute Gasteiger partial charge is 0.211 e. The van der Waals surface area contributed by atoms with Gasteiger partial charge >= 0.3 is 0 Å². The van der Waals surface area contributed by atoms with Gasteiger partial charge in [-0.25, -0.2) is 12.7 Å². The van der Waals surface area contributed by atoms with Crippen molar-refractivity contribution in [2.75, 3.05) is 13.3 Å². The lowest BCUT2D eigenvalue weighted by Gasteiger charge is -2.31. The quantitative estimate of drug-likeness (QED) is 0.684. The molecule has 1 aliphatic carbocycles. The van der Waals surface area contributed by atoms with Crippen LogP contribution < -0.4 is 0 Å². The number of hydrogen-bond donors (Lipinski definition) is 0. The predicted octanol–water partition coefficient (Wildman–Crippen LogP) is 1.46. The number of sulfonamides is 1. The molecule has 0 bridgehead atoms. The maximum Gasteiger partial charge on any atom is 0.211 e. The van der Waals surface area contributed by atoms with E-state index in [9.17, 15) is 8.42 Å². The monoisotopic (exact) mass is 205 g/mol. The van der Waals surface area contributed by atoms with Crippen LogP contribution in [0, 0.1) is 5.92 Å².